The minimum Gasteiger partial charge on any atom is -0.310 e. The SMILES string of the molecule is c1ccc(-c2cccc(N(c3ccccc3)c3ccc4c5cccc6cccc(c7cccc3c74)c65)c2)cc1. The Labute approximate surface area is 227 Å². The maximum Gasteiger partial charge on any atom is 0.0540 e. The lowest BCUT2D eigenvalue weighted by molar-refractivity contribution is 1.30. The van der Waals surface area contributed by atoms with E-state index < -0.39 is 0 Å². The first-order chi connectivity index (χ1) is 19.4. The molecule has 0 saturated heterocycles. The third kappa shape index (κ3) is 3.41. The van der Waals surface area contributed by atoms with E-state index in [1.54, 1.807) is 0 Å². The molecule has 0 N–H and O–H groups in total. The topological polar surface area (TPSA) is 3.24 Å². The molecule has 0 saturated carbocycles. The van der Waals surface area contributed by atoms with E-state index in [-0.39, 0.29) is 0 Å². The van der Waals surface area contributed by atoms with E-state index in [4.69, 9.17) is 0 Å². The first-order valence-electron chi connectivity index (χ1n) is 13.5. The fourth-order valence-electron chi connectivity index (χ4n) is 6.28. The third-order valence-electron chi connectivity index (χ3n) is 7.97. The van der Waals surface area contributed by atoms with Gasteiger partial charge in [-0.25, -0.2) is 0 Å². The lowest BCUT2D eigenvalue weighted by Gasteiger charge is -2.28. The van der Waals surface area contributed by atoms with Gasteiger partial charge in [-0.3, -0.25) is 0 Å². The van der Waals surface area contributed by atoms with Crippen molar-refractivity contribution in [3.63, 3.8) is 0 Å². The van der Waals surface area contributed by atoms with Crippen LogP contribution in [0.5, 0.6) is 0 Å². The van der Waals surface area contributed by atoms with Crippen LogP contribution in [0.25, 0.3) is 54.2 Å². The molecule has 0 aliphatic heterocycles. The Bertz CT molecular complexity index is 2060. The van der Waals surface area contributed by atoms with Gasteiger partial charge in [-0.1, -0.05) is 121 Å². The Morgan fingerprint density at radius 2 is 0.872 bits per heavy atom. The summed E-state index contributed by atoms with van der Waals surface area (Å²) in [5.41, 5.74) is 5.88. The van der Waals surface area contributed by atoms with E-state index in [1.807, 2.05) is 0 Å². The number of benzene rings is 8. The summed E-state index contributed by atoms with van der Waals surface area (Å²) >= 11 is 0. The van der Waals surface area contributed by atoms with Crippen LogP contribution in [0.4, 0.5) is 17.1 Å². The molecule has 0 fully saturated rings. The molecule has 1 nitrogen and oxygen atoms in total. The predicted octanol–water partition coefficient (Wildman–Crippen LogP) is 10.9. The van der Waals surface area contributed by atoms with Gasteiger partial charge < -0.3 is 4.90 Å². The molecular formula is C38H25N. The number of hydrogen-bond donors (Lipinski definition) is 0. The number of hydrogen-bond acceptors (Lipinski definition) is 1. The van der Waals surface area contributed by atoms with Crippen LogP contribution in [0.3, 0.4) is 0 Å². The van der Waals surface area contributed by atoms with Gasteiger partial charge in [-0.15, -0.1) is 0 Å². The predicted molar refractivity (Wildman–Crippen MR) is 168 cm³/mol. The van der Waals surface area contributed by atoms with Crippen molar-refractivity contribution in [1.82, 2.24) is 0 Å². The second kappa shape index (κ2) is 8.72. The van der Waals surface area contributed by atoms with E-state index in [0.717, 1.165) is 11.4 Å². The molecule has 0 aliphatic carbocycles. The molecule has 8 aromatic rings. The van der Waals surface area contributed by atoms with Gasteiger partial charge in [0.15, 0.2) is 0 Å². The van der Waals surface area contributed by atoms with Gasteiger partial charge in [0.1, 0.15) is 0 Å². The molecule has 0 atom stereocenters. The van der Waals surface area contributed by atoms with Crippen LogP contribution in [0, 0.1) is 0 Å². The lowest BCUT2D eigenvalue weighted by Crippen LogP contribution is -2.10. The van der Waals surface area contributed by atoms with Crippen molar-refractivity contribution in [3.05, 3.63) is 152 Å². The van der Waals surface area contributed by atoms with Crippen molar-refractivity contribution in [2.75, 3.05) is 4.90 Å². The van der Waals surface area contributed by atoms with Crippen molar-refractivity contribution in [1.29, 1.82) is 0 Å². The summed E-state index contributed by atoms with van der Waals surface area (Å²) in [7, 11) is 0. The molecule has 8 aromatic carbocycles. The van der Waals surface area contributed by atoms with Gasteiger partial charge in [0.2, 0.25) is 0 Å². The quantitative estimate of drug-likeness (QED) is 0.173. The summed E-state index contributed by atoms with van der Waals surface area (Å²) in [5.74, 6) is 0. The van der Waals surface area contributed by atoms with Crippen LogP contribution >= 0.6 is 0 Å². The maximum atomic E-state index is 2.40. The number of fused-ring (bicyclic) bond motifs is 2. The average Bonchev–Trinajstić information content (AvgIpc) is 3.01. The highest BCUT2D eigenvalue weighted by Crippen LogP contribution is 2.46. The molecule has 0 amide bonds. The van der Waals surface area contributed by atoms with Crippen molar-refractivity contribution in [2.24, 2.45) is 0 Å². The second-order valence-electron chi connectivity index (χ2n) is 10.2. The Hall–Kier alpha value is -5.14. The molecule has 39 heavy (non-hydrogen) atoms. The zero-order valence-electron chi connectivity index (χ0n) is 21.4. The highest BCUT2D eigenvalue weighted by Gasteiger charge is 2.19. The summed E-state index contributed by atoms with van der Waals surface area (Å²) in [4.78, 5) is 2.40. The number of nitrogens with zero attached hydrogens (tertiary/aromatic N) is 1. The normalized spacial score (nSPS) is 11.6. The van der Waals surface area contributed by atoms with Gasteiger partial charge in [-0.05, 0) is 79.2 Å². The average molecular weight is 496 g/mol. The number of para-hydroxylation sites is 1. The fourth-order valence-corrected chi connectivity index (χ4v) is 6.28. The molecule has 182 valence electrons. The van der Waals surface area contributed by atoms with E-state index in [1.165, 1.54) is 59.9 Å². The minimum absolute atomic E-state index is 1.14. The van der Waals surface area contributed by atoms with Gasteiger partial charge in [0.05, 0.1) is 5.69 Å². The Balaban J connectivity index is 1.44. The van der Waals surface area contributed by atoms with E-state index in [2.05, 4.69) is 157 Å². The molecule has 1 heteroatoms. The molecule has 0 bridgehead atoms. The molecule has 0 unspecified atom stereocenters. The van der Waals surface area contributed by atoms with Crippen molar-refractivity contribution >= 4 is 60.2 Å². The first-order valence-corrected chi connectivity index (χ1v) is 13.5. The molecule has 0 spiro atoms. The first kappa shape index (κ1) is 21.9. The van der Waals surface area contributed by atoms with Crippen LogP contribution in [-0.4, -0.2) is 0 Å². The summed E-state index contributed by atoms with van der Waals surface area (Å²) in [6, 6.07) is 54.9. The van der Waals surface area contributed by atoms with Crippen LogP contribution in [0.15, 0.2) is 152 Å². The lowest BCUT2D eigenvalue weighted by atomic mass is 9.89. The molecule has 0 aromatic heterocycles. The molecule has 0 aliphatic rings. The van der Waals surface area contributed by atoms with Crippen molar-refractivity contribution in [3.8, 4) is 11.1 Å². The third-order valence-corrected chi connectivity index (χ3v) is 7.97. The van der Waals surface area contributed by atoms with Gasteiger partial charge >= 0.3 is 0 Å². The maximum absolute atomic E-state index is 2.40. The van der Waals surface area contributed by atoms with Crippen LogP contribution in [0.1, 0.15) is 0 Å². The molecule has 8 rings (SSSR count). The molecular weight excluding hydrogens is 470 g/mol. The Morgan fingerprint density at radius 1 is 0.333 bits per heavy atom. The summed E-state index contributed by atoms with van der Waals surface area (Å²) in [6.45, 7) is 0. The summed E-state index contributed by atoms with van der Waals surface area (Å²) in [6.07, 6.45) is 0. The van der Waals surface area contributed by atoms with Crippen LogP contribution in [-0.2, 0) is 0 Å². The van der Waals surface area contributed by atoms with Gasteiger partial charge in [-0.2, -0.15) is 0 Å². The van der Waals surface area contributed by atoms with Gasteiger partial charge in [0, 0.05) is 16.8 Å². The summed E-state index contributed by atoms with van der Waals surface area (Å²) in [5, 5.41) is 10.5. The highest BCUT2D eigenvalue weighted by atomic mass is 15.1. The minimum atomic E-state index is 1.14. The number of rotatable bonds is 4. The highest BCUT2D eigenvalue weighted by molar-refractivity contribution is 6.34. The largest absolute Gasteiger partial charge is 0.310 e. The zero-order chi connectivity index (χ0) is 25.8. The van der Waals surface area contributed by atoms with Crippen LogP contribution in [0.2, 0.25) is 0 Å². The Kier molecular flexibility index (Phi) is 4.89. The summed E-state index contributed by atoms with van der Waals surface area (Å²) < 4.78 is 0. The van der Waals surface area contributed by atoms with E-state index >= 15 is 0 Å². The smallest absolute Gasteiger partial charge is 0.0540 e. The van der Waals surface area contributed by atoms with Crippen molar-refractivity contribution in [2.45, 2.75) is 0 Å². The molecule has 0 heterocycles. The monoisotopic (exact) mass is 495 g/mol. The van der Waals surface area contributed by atoms with E-state index in [9.17, 15) is 0 Å². The zero-order valence-corrected chi connectivity index (χ0v) is 21.4. The van der Waals surface area contributed by atoms with Crippen molar-refractivity contribution < 1.29 is 0 Å². The van der Waals surface area contributed by atoms with Gasteiger partial charge in [0.25, 0.3) is 0 Å². The van der Waals surface area contributed by atoms with Crippen LogP contribution < -0.4 is 4.90 Å². The van der Waals surface area contributed by atoms with E-state index in [0.29, 0.717) is 0 Å². The second-order valence-corrected chi connectivity index (χ2v) is 10.2. The fraction of sp³-hybridized carbons (Fsp3) is 0. The molecule has 0 radical (unpaired) electrons. The number of anilines is 3. The standard InChI is InChI=1S/C38H25N/c1-3-11-26(12-4-1)28-15-7-18-30(25-28)39(29-16-5-2-6-17-29)36-24-23-34-32-20-9-14-27-13-8-19-31(37(27)32)33-21-10-22-35(36)38(33)34/h1-25H. The Morgan fingerprint density at radius 3 is 1.62 bits per heavy atom.